The minimum absolute atomic E-state index is 0.0266. The molecule has 0 aliphatic carbocycles. The van der Waals surface area contributed by atoms with Crippen LogP contribution >= 0.6 is 11.8 Å². The van der Waals surface area contributed by atoms with Gasteiger partial charge >= 0.3 is 0 Å². The summed E-state index contributed by atoms with van der Waals surface area (Å²) in [6.45, 7) is 2.07. The second-order valence-corrected chi connectivity index (χ2v) is 6.51. The summed E-state index contributed by atoms with van der Waals surface area (Å²) in [5.41, 5.74) is 0.575. The first-order chi connectivity index (χ1) is 12.7. The number of ketones is 1. The maximum atomic E-state index is 12.3. The first kappa shape index (κ1) is 16.5. The van der Waals surface area contributed by atoms with E-state index in [2.05, 4.69) is 15.2 Å². The molecule has 0 spiro atoms. The number of Topliss-reactive ketones (excluding diaryl/α,β-unsaturated/α-hetero) is 1. The van der Waals surface area contributed by atoms with Crippen LogP contribution in [-0.2, 0) is 0 Å². The molecule has 0 radical (unpaired) electrons. The molecule has 26 heavy (non-hydrogen) atoms. The van der Waals surface area contributed by atoms with Crippen LogP contribution in [0.5, 0.6) is 11.5 Å². The van der Waals surface area contributed by atoms with Gasteiger partial charge in [-0.25, -0.2) is 4.98 Å². The molecular formula is C18H15N3O4S. The predicted octanol–water partition coefficient (Wildman–Crippen LogP) is 3.58. The number of nitrogens with zero attached hydrogens (tertiary/aromatic N) is 2. The molecule has 3 aromatic rings. The van der Waals surface area contributed by atoms with E-state index in [9.17, 15) is 4.79 Å². The van der Waals surface area contributed by atoms with Gasteiger partial charge in [0.05, 0.1) is 5.75 Å². The Kier molecular flexibility index (Phi) is 4.49. The van der Waals surface area contributed by atoms with E-state index in [1.165, 1.54) is 11.8 Å². The number of benzene rings is 1. The average Bonchev–Trinajstić information content (AvgIpc) is 3.38. The summed E-state index contributed by atoms with van der Waals surface area (Å²) in [5.74, 6) is 3.65. The van der Waals surface area contributed by atoms with Crippen LogP contribution in [0.3, 0.4) is 0 Å². The Morgan fingerprint density at radius 2 is 2.12 bits per heavy atom. The molecule has 0 unspecified atom stereocenters. The number of hydrogen-bond acceptors (Lipinski definition) is 7. The molecule has 1 N–H and O–H groups in total. The van der Waals surface area contributed by atoms with E-state index in [0.29, 0.717) is 28.0 Å². The molecule has 0 saturated carbocycles. The number of aromatic amines is 1. The summed E-state index contributed by atoms with van der Waals surface area (Å²) in [6.07, 6.45) is 3.58. The maximum absolute atomic E-state index is 12.3. The highest BCUT2D eigenvalue weighted by atomic mass is 32.2. The first-order valence-electron chi connectivity index (χ1n) is 7.90. The number of ether oxygens (including phenoxy) is 2. The lowest BCUT2D eigenvalue weighted by atomic mass is 10.1. The van der Waals surface area contributed by atoms with Gasteiger partial charge in [-0.2, -0.15) is 0 Å². The molecule has 2 aromatic heterocycles. The number of nitrogens with one attached hydrogen (secondary N) is 1. The van der Waals surface area contributed by atoms with Crippen LogP contribution < -0.4 is 9.47 Å². The zero-order chi connectivity index (χ0) is 17.9. The average molecular weight is 369 g/mol. The fraction of sp³-hybridized carbons (Fsp3) is 0.167. The van der Waals surface area contributed by atoms with Gasteiger partial charge in [0.2, 0.25) is 11.9 Å². The van der Waals surface area contributed by atoms with Gasteiger partial charge in [-0.15, -0.1) is 5.10 Å². The van der Waals surface area contributed by atoms with Crippen molar-refractivity contribution in [2.24, 2.45) is 0 Å². The third kappa shape index (κ3) is 3.65. The molecule has 0 amide bonds. The van der Waals surface area contributed by atoms with Crippen LogP contribution in [0.15, 0.2) is 39.9 Å². The van der Waals surface area contributed by atoms with Crippen LogP contribution in [0.2, 0.25) is 0 Å². The van der Waals surface area contributed by atoms with Crippen LogP contribution in [-0.4, -0.2) is 33.5 Å². The minimum atomic E-state index is -0.0266. The highest BCUT2D eigenvalue weighted by Gasteiger charge is 2.16. The van der Waals surface area contributed by atoms with E-state index in [4.69, 9.17) is 13.9 Å². The lowest BCUT2D eigenvalue weighted by Gasteiger charge is -2.01. The number of carbonyl (C=O) groups is 1. The van der Waals surface area contributed by atoms with E-state index in [1.54, 1.807) is 30.4 Å². The normalized spacial score (nSPS) is 12.8. The Morgan fingerprint density at radius 1 is 1.23 bits per heavy atom. The molecule has 1 aliphatic rings. The van der Waals surface area contributed by atoms with Crippen molar-refractivity contribution in [1.82, 2.24) is 15.2 Å². The van der Waals surface area contributed by atoms with Gasteiger partial charge in [0.25, 0.3) is 0 Å². The Morgan fingerprint density at radius 3 is 2.96 bits per heavy atom. The minimum Gasteiger partial charge on any atom is -0.462 e. The lowest BCUT2D eigenvalue weighted by Crippen LogP contribution is -2.02. The standard InChI is InChI=1S/C18H15N3O4S/c1-11-2-4-13(25-11)5-7-17-19-18(21-20-17)26-9-14(22)12-3-6-15-16(8-12)24-10-23-15/h2-8H,9-10H2,1H3,(H,19,20,21). The molecular weight excluding hydrogens is 354 g/mol. The number of aromatic nitrogens is 3. The molecule has 1 aromatic carbocycles. The number of carbonyl (C=O) groups excluding carboxylic acids is 1. The fourth-order valence-corrected chi connectivity index (χ4v) is 3.08. The molecule has 4 rings (SSSR count). The smallest absolute Gasteiger partial charge is 0.231 e. The zero-order valence-electron chi connectivity index (χ0n) is 13.9. The van der Waals surface area contributed by atoms with Crippen molar-refractivity contribution in [3.8, 4) is 11.5 Å². The summed E-state index contributed by atoms with van der Waals surface area (Å²) >= 11 is 1.27. The van der Waals surface area contributed by atoms with E-state index >= 15 is 0 Å². The highest BCUT2D eigenvalue weighted by molar-refractivity contribution is 7.99. The van der Waals surface area contributed by atoms with E-state index < -0.39 is 0 Å². The number of aryl methyl sites for hydroxylation is 1. The van der Waals surface area contributed by atoms with Gasteiger partial charge in [-0.3, -0.25) is 9.89 Å². The summed E-state index contributed by atoms with van der Waals surface area (Å²) in [4.78, 5) is 16.7. The van der Waals surface area contributed by atoms with Gasteiger partial charge in [-0.1, -0.05) is 11.8 Å². The molecule has 1 aliphatic heterocycles. The summed E-state index contributed by atoms with van der Waals surface area (Å²) in [6, 6.07) is 8.94. The number of rotatable bonds is 6. The molecule has 0 fully saturated rings. The van der Waals surface area contributed by atoms with Crippen molar-refractivity contribution in [1.29, 1.82) is 0 Å². The monoisotopic (exact) mass is 369 g/mol. The Bertz CT molecular complexity index is 976. The predicted molar refractivity (Wildman–Crippen MR) is 96.4 cm³/mol. The summed E-state index contributed by atoms with van der Waals surface area (Å²) in [5, 5.41) is 7.44. The van der Waals surface area contributed by atoms with E-state index in [0.717, 1.165) is 11.5 Å². The van der Waals surface area contributed by atoms with Crippen molar-refractivity contribution < 1.29 is 18.7 Å². The molecule has 0 atom stereocenters. The third-order valence-corrected chi connectivity index (χ3v) is 4.52. The van der Waals surface area contributed by atoms with E-state index in [1.807, 2.05) is 19.1 Å². The lowest BCUT2D eigenvalue weighted by molar-refractivity contribution is 0.102. The molecule has 0 saturated heterocycles. The van der Waals surface area contributed by atoms with Gasteiger partial charge in [0.15, 0.2) is 17.3 Å². The highest BCUT2D eigenvalue weighted by Crippen LogP contribution is 2.33. The molecule has 8 heteroatoms. The number of fused-ring (bicyclic) bond motifs is 1. The van der Waals surface area contributed by atoms with Crippen molar-refractivity contribution in [3.63, 3.8) is 0 Å². The first-order valence-corrected chi connectivity index (χ1v) is 8.88. The topological polar surface area (TPSA) is 90.2 Å². The SMILES string of the molecule is Cc1ccc(C=Cc2nc(SCC(=O)c3ccc4c(c3)OCO4)n[nH]2)o1. The number of H-pyrrole nitrogens is 1. The van der Waals surface area contributed by atoms with Gasteiger partial charge in [-0.05, 0) is 49.4 Å². The second kappa shape index (κ2) is 7.09. The van der Waals surface area contributed by atoms with Crippen molar-refractivity contribution >= 4 is 29.7 Å². The summed E-state index contributed by atoms with van der Waals surface area (Å²) < 4.78 is 16.0. The van der Waals surface area contributed by atoms with Crippen molar-refractivity contribution in [2.45, 2.75) is 12.1 Å². The zero-order valence-corrected chi connectivity index (χ0v) is 14.7. The van der Waals surface area contributed by atoms with Gasteiger partial charge < -0.3 is 13.9 Å². The van der Waals surface area contributed by atoms with Crippen LogP contribution in [0.1, 0.15) is 27.7 Å². The van der Waals surface area contributed by atoms with E-state index in [-0.39, 0.29) is 18.3 Å². The van der Waals surface area contributed by atoms with Crippen molar-refractivity contribution in [3.05, 3.63) is 53.2 Å². The van der Waals surface area contributed by atoms with Crippen LogP contribution in [0.4, 0.5) is 0 Å². The molecule has 7 nitrogen and oxygen atoms in total. The third-order valence-electron chi connectivity index (χ3n) is 3.68. The summed E-state index contributed by atoms with van der Waals surface area (Å²) in [7, 11) is 0. The van der Waals surface area contributed by atoms with Crippen molar-refractivity contribution in [2.75, 3.05) is 12.5 Å². The Balaban J connectivity index is 1.35. The molecule has 132 valence electrons. The number of furan rings is 1. The van der Waals surface area contributed by atoms with Gasteiger partial charge in [0.1, 0.15) is 17.3 Å². The quantitative estimate of drug-likeness (QED) is 0.524. The maximum Gasteiger partial charge on any atom is 0.231 e. The van der Waals surface area contributed by atoms with Crippen LogP contribution in [0, 0.1) is 6.92 Å². The molecule has 3 heterocycles. The second-order valence-electron chi connectivity index (χ2n) is 5.56. The Labute approximate surface area is 153 Å². The molecule has 0 bridgehead atoms. The fourth-order valence-electron chi connectivity index (χ4n) is 2.38. The largest absolute Gasteiger partial charge is 0.462 e. The van der Waals surface area contributed by atoms with Gasteiger partial charge in [0, 0.05) is 5.56 Å². The number of thioether (sulfide) groups is 1. The Hall–Kier alpha value is -3.00. The number of hydrogen-bond donors (Lipinski definition) is 1. The van der Waals surface area contributed by atoms with Crippen LogP contribution in [0.25, 0.3) is 12.2 Å².